The maximum absolute atomic E-state index is 12.8. The van der Waals surface area contributed by atoms with Gasteiger partial charge in [-0.2, -0.15) is 0 Å². The first-order chi connectivity index (χ1) is 16.5. The van der Waals surface area contributed by atoms with Crippen LogP contribution in [-0.2, 0) is 30.4 Å². The highest BCUT2D eigenvalue weighted by Gasteiger charge is 2.20. The van der Waals surface area contributed by atoms with Crippen molar-refractivity contribution in [1.29, 1.82) is 0 Å². The lowest BCUT2D eigenvalue weighted by atomic mass is 10.2. The lowest BCUT2D eigenvalue weighted by Gasteiger charge is -2.23. The van der Waals surface area contributed by atoms with Crippen LogP contribution in [-0.4, -0.2) is 65.8 Å². The monoisotopic (exact) mass is 492 g/mol. The van der Waals surface area contributed by atoms with E-state index < -0.39 is 23.6 Å². The highest BCUT2D eigenvalue weighted by Crippen LogP contribution is 2.15. The molecule has 1 aromatic rings. The molecule has 0 heterocycles. The van der Waals surface area contributed by atoms with E-state index in [1.54, 1.807) is 45.0 Å². The van der Waals surface area contributed by atoms with Crippen molar-refractivity contribution in [1.82, 2.24) is 10.2 Å². The summed E-state index contributed by atoms with van der Waals surface area (Å²) in [6, 6.07) is 7.05. The third-order valence-electron chi connectivity index (χ3n) is 4.39. The average molecular weight is 493 g/mol. The molecule has 0 aliphatic rings. The fourth-order valence-corrected chi connectivity index (χ4v) is 2.81. The Kier molecular flexibility index (Phi) is 12.9. The SMILES string of the molecule is C=CCOC(=O)CN(Cc1ccc(OCCCCC(=O)O)cc1)C(=O)CCNC(=O)OC(C)(C)C. The van der Waals surface area contributed by atoms with Gasteiger partial charge in [0.2, 0.25) is 5.91 Å². The number of nitrogens with one attached hydrogen (secondary N) is 1. The maximum Gasteiger partial charge on any atom is 0.407 e. The molecule has 0 aliphatic heterocycles. The van der Waals surface area contributed by atoms with Crippen molar-refractivity contribution < 1.29 is 38.5 Å². The minimum Gasteiger partial charge on any atom is -0.494 e. The molecule has 2 N–H and O–H groups in total. The van der Waals surface area contributed by atoms with Gasteiger partial charge in [0.1, 0.15) is 24.5 Å². The van der Waals surface area contributed by atoms with E-state index in [0.29, 0.717) is 25.2 Å². The third-order valence-corrected chi connectivity index (χ3v) is 4.39. The van der Waals surface area contributed by atoms with Gasteiger partial charge in [-0.15, -0.1) is 0 Å². The first-order valence-electron chi connectivity index (χ1n) is 11.4. The minimum atomic E-state index is -0.831. The second-order valence-electron chi connectivity index (χ2n) is 8.74. The summed E-state index contributed by atoms with van der Waals surface area (Å²) in [5.74, 6) is -1.12. The molecule has 0 aliphatic carbocycles. The summed E-state index contributed by atoms with van der Waals surface area (Å²) in [7, 11) is 0. The number of hydrogen-bond acceptors (Lipinski definition) is 7. The number of ether oxygens (including phenoxy) is 3. The standard InChI is InChI=1S/C25H36N2O8/c1-5-15-34-23(31)18-27(21(28)13-14-26-24(32)35-25(2,3)4)17-19-9-11-20(12-10-19)33-16-7-6-8-22(29)30/h5,9-12H,1,6-8,13-18H2,2-4H3,(H,26,32)(H,29,30). The summed E-state index contributed by atoms with van der Waals surface area (Å²) in [4.78, 5) is 48.6. The van der Waals surface area contributed by atoms with Crippen LogP contribution in [0.1, 0.15) is 52.0 Å². The molecule has 0 atom stereocenters. The predicted octanol–water partition coefficient (Wildman–Crippen LogP) is 3.29. The van der Waals surface area contributed by atoms with E-state index >= 15 is 0 Å². The van der Waals surface area contributed by atoms with Crippen molar-refractivity contribution >= 4 is 23.9 Å². The molecule has 10 nitrogen and oxygen atoms in total. The van der Waals surface area contributed by atoms with Gasteiger partial charge in [-0.05, 0) is 51.3 Å². The maximum atomic E-state index is 12.8. The van der Waals surface area contributed by atoms with Crippen LogP contribution in [0.2, 0.25) is 0 Å². The van der Waals surface area contributed by atoms with E-state index in [4.69, 9.17) is 19.3 Å². The molecule has 0 spiro atoms. The van der Waals surface area contributed by atoms with Crippen LogP contribution in [0.4, 0.5) is 4.79 Å². The zero-order valence-corrected chi connectivity index (χ0v) is 20.7. The molecule has 1 rings (SSSR count). The largest absolute Gasteiger partial charge is 0.494 e. The van der Waals surface area contributed by atoms with Gasteiger partial charge in [-0.25, -0.2) is 4.79 Å². The van der Waals surface area contributed by atoms with E-state index in [1.165, 1.54) is 11.0 Å². The van der Waals surface area contributed by atoms with Gasteiger partial charge in [0.25, 0.3) is 0 Å². The van der Waals surface area contributed by atoms with E-state index in [0.717, 1.165) is 5.56 Å². The minimum absolute atomic E-state index is 0.0223. The molecule has 2 amide bonds. The van der Waals surface area contributed by atoms with Crippen LogP contribution in [0, 0.1) is 0 Å². The number of rotatable bonds is 15. The van der Waals surface area contributed by atoms with E-state index in [2.05, 4.69) is 11.9 Å². The zero-order valence-electron chi connectivity index (χ0n) is 20.7. The van der Waals surface area contributed by atoms with Crippen LogP contribution in [0.5, 0.6) is 5.75 Å². The number of benzene rings is 1. The molecule has 194 valence electrons. The molecule has 0 unspecified atom stereocenters. The second-order valence-corrected chi connectivity index (χ2v) is 8.74. The van der Waals surface area contributed by atoms with Crippen molar-refractivity contribution in [3.05, 3.63) is 42.5 Å². The molecule has 0 radical (unpaired) electrons. The van der Waals surface area contributed by atoms with E-state index in [-0.39, 0.29) is 45.0 Å². The Balaban J connectivity index is 2.66. The first-order valence-corrected chi connectivity index (χ1v) is 11.4. The highest BCUT2D eigenvalue weighted by atomic mass is 16.6. The molecule has 0 bridgehead atoms. The van der Waals surface area contributed by atoms with Gasteiger partial charge < -0.3 is 29.5 Å². The molecular weight excluding hydrogens is 456 g/mol. The summed E-state index contributed by atoms with van der Waals surface area (Å²) >= 11 is 0. The number of amides is 2. The van der Waals surface area contributed by atoms with Crippen molar-refractivity contribution in [2.45, 2.75) is 58.6 Å². The van der Waals surface area contributed by atoms with Crippen molar-refractivity contribution in [3.8, 4) is 5.75 Å². The number of nitrogens with zero attached hydrogens (tertiary/aromatic N) is 1. The number of aliphatic carboxylic acids is 1. The molecule has 0 fully saturated rings. The second kappa shape index (κ2) is 15.4. The fourth-order valence-electron chi connectivity index (χ4n) is 2.81. The van der Waals surface area contributed by atoms with Crippen molar-refractivity contribution in [2.75, 3.05) is 26.3 Å². The lowest BCUT2D eigenvalue weighted by Crippen LogP contribution is -2.39. The summed E-state index contributed by atoms with van der Waals surface area (Å²) in [6.07, 6.45) is 2.06. The number of esters is 1. The van der Waals surface area contributed by atoms with Gasteiger partial charge >= 0.3 is 18.0 Å². The Morgan fingerprint density at radius 1 is 1.09 bits per heavy atom. The third kappa shape index (κ3) is 14.3. The Bertz CT molecular complexity index is 846. The number of hydrogen-bond donors (Lipinski definition) is 2. The number of carboxylic acid groups (broad SMARTS) is 1. The lowest BCUT2D eigenvalue weighted by molar-refractivity contribution is -0.148. The molecule has 1 aromatic carbocycles. The van der Waals surface area contributed by atoms with Gasteiger partial charge in [0.05, 0.1) is 6.61 Å². The average Bonchev–Trinajstić information content (AvgIpc) is 2.76. The summed E-state index contributed by atoms with van der Waals surface area (Å²) in [5, 5.41) is 11.2. The predicted molar refractivity (Wildman–Crippen MR) is 129 cm³/mol. The van der Waals surface area contributed by atoms with Crippen LogP contribution in [0.15, 0.2) is 36.9 Å². The molecule has 0 saturated heterocycles. The van der Waals surface area contributed by atoms with Crippen LogP contribution >= 0.6 is 0 Å². The van der Waals surface area contributed by atoms with E-state index in [9.17, 15) is 19.2 Å². The zero-order chi connectivity index (χ0) is 26.3. The van der Waals surface area contributed by atoms with Crippen LogP contribution in [0.25, 0.3) is 0 Å². The molecule has 0 aromatic heterocycles. The highest BCUT2D eigenvalue weighted by molar-refractivity contribution is 5.82. The number of carbonyl (C=O) groups excluding carboxylic acids is 3. The number of alkyl carbamates (subject to hydrolysis) is 1. The van der Waals surface area contributed by atoms with Crippen LogP contribution < -0.4 is 10.1 Å². The van der Waals surface area contributed by atoms with Gasteiger partial charge in [-0.3, -0.25) is 14.4 Å². The quantitative estimate of drug-likeness (QED) is 0.217. The normalized spacial score (nSPS) is 10.7. The molecule has 0 saturated carbocycles. The Morgan fingerprint density at radius 3 is 2.37 bits per heavy atom. The summed E-state index contributed by atoms with van der Waals surface area (Å²) in [6.45, 7) is 9.13. The van der Waals surface area contributed by atoms with Crippen molar-refractivity contribution in [3.63, 3.8) is 0 Å². The Labute approximate surface area is 206 Å². The van der Waals surface area contributed by atoms with Gasteiger partial charge in [0, 0.05) is 25.9 Å². The topological polar surface area (TPSA) is 131 Å². The molecule has 35 heavy (non-hydrogen) atoms. The Hall–Kier alpha value is -3.56. The summed E-state index contributed by atoms with van der Waals surface area (Å²) in [5.41, 5.74) is 0.122. The molecule has 10 heteroatoms. The smallest absolute Gasteiger partial charge is 0.407 e. The molecular formula is C25H36N2O8. The Morgan fingerprint density at radius 2 is 1.77 bits per heavy atom. The van der Waals surface area contributed by atoms with E-state index in [1.807, 2.05) is 0 Å². The number of carbonyl (C=O) groups is 4. The van der Waals surface area contributed by atoms with Gasteiger partial charge in [-0.1, -0.05) is 24.8 Å². The fraction of sp³-hybridized carbons (Fsp3) is 0.520. The van der Waals surface area contributed by atoms with Crippen molar-refractivity contribution in [2.24, 2.45) is 0 Å². The summed E-state index contributed by atoms with van der Waals surface area (Å²) < 4.78 is 15.8. The number of carboxylic acids is 1. The van der Waals surface area contributed by atoms with Gasteiger partial charge in [0.15, 0.2) is 0 Å². The van der Waals surface area contributed by atoms with Crippen LogP contribution in [0.3, 0.4) is 0 Å². The number of unbranched alkanes of at least 4 members (excludes halogenated alkanes) is 1. The first kappa shape index (κ1) is 29.5.